The van der Waals surface area contributed by atoms with Crippen LogP contribution in [0, 0.1) is 12.8 Å². The molecule has 1 aromatic rings. The minimum atomic E-state index is -0.755. The quantitative estimate of drug-likeness (QED) is 0.874. The first kappa shape index (κ1) is 12.0. The third-order valence-corrected chi connectivity index (χ3v) is 3.28. The van der Waals surface area contributed by atoms with E-state index in [1.807, 2.05) is 32.0 Å². The van der Waals surface area contributed by atoms with Crippen LogP contribution in [0.5, 0.6) is 5.75 Å². The average Bonchev–Trinajstić information content (AvgIpc) is 2.28. The van der Waals surface area contributed by atoms with Gasteiger partial charge in [-0.3, -0.25) is 4.79 Å². The monoisotopic (exact) mass is 234 g/mol. The zero-order valence-electron chi connectivity index (χ0n) is 10.3. The highest BCUT2D eigenvalue weighted by atomic mass is 16.5. The number of carboxylic acids is 1. The van der Waals surface area contributed by atoms with Gasteiger partial charge in [0.1, 0.15) is 11.9 Å². The molecule has 2 rings (SSSR count). The van der Waals surface area contributed by atoms with Crippen LogP contribution in [-0.2, 0) is 11.2 Å². The molecule has 3 heteroatoms. The molecule has 0 fully saturated rings. The number of rotatable bonds is 3. The van der Waals surface area contributed by atoms with Crippen LogP contribution in [-0.4, -0.2) is 17.2 Å². The molecule has 3 nitrogen and oxygen atoms in total. The standard InChI is InChI=1S/C14H18O3/c1-3-4-12-11(14(15)16)8-10-6-5-9(2)7-13(10)17-12/h5-7,11-12H,3-4,8H2,1-2H3,(H,15,16). The van der Waals surface area contributed by atoms with Gasteiger partial charge < -0.3 is 9.84 Å². The van der Waals surface area contributed by atoms with Gasteiger partial charge in [0.05, 0.1) is 5.92 Å². The largest absolute Gasteiger partial charge is 0.489 e. The van der Waals surface area contributed by atoms with Crippen molar-refractivity contribution in [2.24, 2.45) is 5.92 Å². The number of aryl methyl sites for hydroxylation is 1. The minimum absolute atomic E-state index is 0.188. The fraction of sp³-hybridized carbons (Fsp3) is 0.500. The topological polar surface area (TPSA) is 46.5 Å². The van der Waals surface area contributed by atoms with E-state index in [0.717, 1.165) is 29.7 Å². The maximum atomic E-state index is 11.2. The molecule has 17 heavy (non-hydrogen) atoms. The van der Waals surface area contributed by atoms with Crippen LogP contribution >= 0.6 is 0 Å². The highest BCUT2D eigenvalue weighted by molar-refractivity contribution is 5.72. The maximum absolute atomic E-state index is 11.2. The van der Waals surface area contributed by atoms with Gasteiger partial charge in [0.15, 0.2) is 0 Å². The van der Waals surface area contributed by atoms with Gasteiger partial charge in [-0.25, -0.2) is 0 Å². The molecule has 0 bridgehead atoms. The molecule has 0 radical (unpaired) electrons. The van der Waals surface area contributed by atoms with Crippen LogP contribution in [0.2, 0.25) is 0 Å². The lowest BCUT2D eigenvalue weighted by molar-refractivity contribution is -0.145. The van der Waals surface area contributed by atoms with Crippen LogP contribution in [0.1, 0.15) is 30.9 Å². The number of hydrogen-bond donors (Lipinski definition) is 1. The Kier molecular flexibility index (Phi) is 3.36. The zero-order chi connectivity index (χ0) is 12.4. The van der Waals surface area contributed by atoms with Gasteiger partial charge in [0, 0.05) is 0 Å². The Bertz CT molecular complexity index is 425. The van der Waals surface area contributed by atoms with Crippen LogP contribution in [0.3, 0.4) is 0 Å². The van der Waals surface area contributed by atoms with Crippen molar-refractivity contribution in [3.63, 3.8) is 0 Å². The lowest BCUT2D eigenvalue weighted by atomic mass is 9.88. The fourth-order valence-corrected chi connectivity index (χ4v) is 2.34. The van der Waals surface area contributed by atoms with Gasteiger partial charge in [-0.05, 0) is 37.0 Å². The van der Waals surface area contributed by atoms with E-state index < -0.39 is 11.9 Å². The summed E-state index contributed by atoms with van der Waals surface area (Å²) in [6.07, 6.45) is 2.13. The number of benzene rings is 1. The van der Waals surface area contributed by atoms with Crippen LogP contribution < -0.4 is 4.74 Å². The van der Waals surface area contributed by atoms with E-state index in [-0.39, 0.29) is 6.10 Å². The molecule has 0 amide bonds. The van der Waals surface area contributed by atoms with Gasteiger partial charge >= 0.3 is 5.97 Å². The Morgan fingerprint density at radius 3 is 2.94 bits per heavy atom. The predicted octanol–water partition coefficient (Wildman–Crippen LogP) is 2.80. The van der Waals surface area contributed by atoms with E-state index in [1.54, 1.807) is 0 Å². The second-order valence-electron chi connectivity index (χ2n) is 4.71. The average molecular weight is 234 g/mol. The smallest absolute Gasteiger partial charge is 0.310 e. The van der Waals surface area contributed by atoms with Crippen molar-refractivity contribution in [3.8, 4) is 5.75 Å². The molecular weight excluding hydrogens is 216 g/mol. The van der Waals surface area contributed by atoms with Crippen LogP contribution in [0.4, 0.5) is 0 Å². The first-order valence-electron chi connectivity index (χ1n) is 6.10. The molecule has 1 heterocycles. The first-order chi connectivity index (χ1) is 8.11. The number of aliphatic carboxylic acids is 1. The Morgan fingerprint density at radius 2 is 2.29 bits per heavy atom. The summed E-state index contributed by atoms with van der Waals surface area (Å²) in [5.74, 6) is -0.305. The van der Waals surface area contributed by atoms with Crippen LogP contribution in [0.15, 0.2) is 18.2 Å². The summed E-state index contributed by atoms with van der Waals surface area (Å²) in [7, 11) is 0. The molecule has 1 N–H and O–H groups in total. The number of ether oxygens (including phenoxy) is 1. The highest BCUT2D eigenvalue weighted by Crippen LogP contribution is 2.33. The van der Waals surface area contributed by atoms with Gasteiger partial charge in [0.25, 0.3) is 0 Å². The Hall–Kier alpha value is -1.51. The minimum Gasteiger partial charge on any atom is -0.489 e. The maximum Gasteiger partial charge on any atom is 0.310 e. The van der Waals surface area contributed by atoms with Gasteiger partial charge in [0.2, 0.25) is 0 Å². The number of hydrogen-bond acceptors (Lipinski definition) is 2. The summed E-state index contributed by atoms with van der Waals surface area (Å²) in [6.45, 7) is 4.07. The van der Waals surface area contributed by atoms with Crippen molar-refractivity contribution < 1.29 is 14.6 Å². The van der Waals surface area contributed by atoms with Gasteiger partial charge in [-0.2, -0.15) is 0 Å². The molecule has 0 saturated heterocycles. The second-order valence-corrected chi connectivity index (χ2v) is 4.71. The molecule has 0 aromatic heterocycles. The Morgan fingerprint density at radius 1 is 1.53 bits per heavy atom. The molecule has 92 valence electrons. The van der Waals surface area contributed by atoms with E-state index in [1.165, 1.54) is 0 Å². The molecule has 0 saturated carbocycles. The summed E-state index contributed by atoms with van der Waals surface area (Å²) < 4.78 is 5.85. The van der Waals surface area contributed by atoms with E-state index in [2.05, 4.69) is 0 Å². The van der Waals surface area contributed by atoms with E-state index >= 15 is 0 Å². The lowest BCUT2D eigenvalue weighted by Crippen LogP contribution is -2.38. The lowest BCUT2D eigenvalue weighted by Gasteiger charge is -2.31. The molecule has 2 atom stereocenters. The molecule has 0 aliphatic carbocycles. The van der Waals surface area contributed by atoms with Gasteiger partial charge in [-0.1, -0.05) is 25.5 Å². The number of carboxylic acid groups (broad SMARTS) is 1. The zero-order valence-corrected chi connectivity index (χ0v) is 10.3. The Labute approximate surface area is 101 Å². The Balaban J connectivity index is 2.29. The fourth-order valence-electron chi connectivity index (χ4n) is 2.34. The molecule has 1 aromatic carbocycles. The van der Waals surface area contributed by atoms with E-state index in [4.69, 9.17) is 4.74 Å². The van der Waals surface area contributed by atoms with E-state index in [0.29, 0.717) is 6.42 Å². The van der Waals surface area contributed by atoms with Crippen molar-refractivity contribution in [1.29, 1.82) is 0 Å². The summed E-state index contributed by atoms with van der Waals surface area (Å²) >= 11 is 0. The summed E-state index contributed by atoms with van der Waals surface area (Å²) in [6, 6.07) is 5.97. The first-order valence-corrected chi connectivity index (χ1v) is 6.10. The molecular formula is C14H18O3. The molecule has 1 aliphatic heterocycles. The number of carbonyl (C=O) groups is 1. The molecule has 2 unspecified atom stereocenters. The van der Waals surface area contributed by atoms with Crippen molar-refractivity contribution >= 4 is 5.97 Å². The van der Waals surface area contributed by atoms with Crippen molar-refractivity contribution in [1.82, 2.24) is 0 Å². The van der Waals surface area contributed by atoms with Crippen LogP contribution in [0.25, 0.3) is 0 Å². The summed E-state index contributed by atoms with van der Waals surface area (Å²) in [5.41, 5.74) is 2.16. The second kappa shape index (κ2) is 4.78. The number of fused-ring (bicyclic) bond motifs is 1. The third kappa shape index (κ3) is 2.43. The summed E-state index contributed by atoms with van der Waals surface area (Å²) in [4.78, 5) is 11.2. The third-order valence-electron chi connectivity index (χ3n) is 3.28. The van der Waals surface area contributed by atoms with Crippen molar-refractivity contribution in [3.05, 3.63) is 29.3 Å². The van der Waals surface area contributed by atoms with Crippen molar-refractivity contribution in [2.75, 3.05) is 0 Å². The SMILES string of the molecule is CCCC1Oc2cc(C)ccc2CC1C(=O)O. The summed E-state index contributed by atoms with van der Waals surface area (Å²) in [5, 5.41) is 9.24. The molecule has 0 spiro atoms. The highest BCUT2D eigenvalue weighted by Gasteiger charge is 2.34. The van der Waals surface area contributed by atoms with Crippen molar-refractivity contribution in [2.45, 2.75) is 39.2 Å². The predicted molar refractivity (Wildman–Crippen MR) is 65.3 cm³/mol. The normalized spacial score (nSPS) is 22.7. The van der Waals surface area contributed by atoms with E-state index in [9.17, 15) is 9.90 Å². The van der Waals surface area contributed by atoms with Gasteiger partial charge in [-0.15, -0.1) is 0 Å². The molecule has 1 aliphatic rings.